The van der Waals surface area contributed by atoms with Crippen LogP contribution in [0.25, 0.3) is 22.3 Å². The highest BCUT2D eigenvalue weighted by Crippen LogP contribution is 2.47. The van der Waals surface area contributed by atoms with E-state index in [4.69, 9.17) is 13.9 Å². The minimum absolute atomic E-state index is 0.0238. The van der Waals surface area contributed by atoms with Crippen molar-refractivity contribution in [3.8, 4) is 40.1 Å². The number of phenolic OH excluding ortho intramolecular Hbond substituents is 3. The van der Waals surface area contributed by atoms with Gasteiger partial charge in [-0.1, -0.05) is 11.6 Å². The molecule has 34 heavy (non-hydrogen) atoms. The second kappa shape index (κ2) is 8.61. The Morgan fingerprint density at radius 1 is 1.21 bits per heavy atom. The maximum Gasteiger partial charge on any atom is 0.239 e. The van der Waals surface area contributed by atoms with Crippen LogP contribution in [0.1, 0.15) is 39.2 Å². The van der Waals surface area contributed by atoms with Gasteiger partial charge in [-0.3, -0.25) is 4.79 Å². The number of fused-ring (bicyclic) bond motifs is 2. The molecule has 180 valence electrons. The molecule has 2 unspecified atom stereocenters. The minimum atomic E-state index is -1.18. The lowest BCUT2D eigenvalue weighted by molar-refractivity contribution is -0.0438. The van der Waals surface area contributed by atoms with Crippen LogP contribution < -0.4 is 14.9 Å². The van der Waals surface area contributed by atoms with Crippen LogP contribution in [0.4, 0.5) is 0 Å². The molecule has 1 aliphatic heterocycles. The van der Waals surface area contributed by atoms with Crippen molar-refractivity contribution in [2.24, 2.45) is 0 Å². The SMILES string of the molecule is COc1c(-c2ccc(O)c3c2CC(C(C)(O)CCC=C(C)C)O3)oc2cc(O)cc(O)c2c1=O. The fourth-order valence-electron chi connectivity index (χ4n) is 4.32. The highest BCUT2D eigenvalue weighted by molar-refractivity contribution is 5.89. The van der Waals surface area contributed by atoms with Gasteiger partial charge in [-0.05, 0) is 45.7 Å². The van der Waals surface area contributed by atoms with E-state index in [-0.39, 0.29) is 46.1 Å². The molecule has 1 aliphatic rings. The van der Waals surface area contributed by atoms with E-state index in [0.29, 0.717) is 24.0 Å². The fourth-order valence-corrected chi connectivity index (χ4v) is 4.32. The molecule has 0 aliphatic carbocycles. The highest BCUT2D eigenvalue weighted by Gasteiger charge is 2.41. The molecule has 0 amide bonds. The van der Waals surface area contributed by atoms with Gasteiger partial charge in [0.05, 0.1) is 12.7 Å². The molecule has 0 fully saturated rings. The number of aliphatic hydroxyl groups is 1. The third kappa shape index (κ3) is 4.05. The summed E-state index contributed by atoms with van der Waals surface area (Å²) in [4.78, 5) is 13.1. The van der Waals surface area contributed by atoms with E-state index in [2.05, 4.69) is 0 Å². The zero-order valence-electron chi connectivity index (χ0n) is 19.5. The summed E-state index contributed by atoms with van der Waals surface area (Å²) in [5.41, 5.74) is 0.334. The average molecular weight is 469 g/mol. The van der Waals surface area contributed by atoms with E-state index in [0.717, 1.165) is 11.6 Å². The lowest BCUT2D eigenvalue weighted by atomic mass is 9.88. The van der Waals surface area contributed by atoms with Crippen LogP contribution in [-0.4, -0.2) is 39.2 Å². The number of hydrogen-bond acceptors (Lipinski definition) is 8. The first-order valence-electron chi connectivity index (χ1n) is 11.0. The second-order valence-electron chi connectivity index (χ2n) is 9.06. The Labute approximate surface area is 196 Å². The van der Waals surface area contributed by atoms with Gasteiger partial charge < -0.3 is 34.3 Å². The van der Waals surface area contributed by atoms with E-state index in [1.54, 1.807) is 13.0 Å². The van der Waals surface area contributed by atoms with Crippen molar-refractivity contribution in [1.82, 2.24) is 0 Å². The van der Waals surface area contributed by atoms with Gasteiger partial charge >= 0.3 is 0 Å². The third-order valence-corrected chi connectivity index (χ3v) is 6.15. The molecule has 2 atom stereocenters. The van der Waals surface area contributed by atoms with Crippen LogP contribution in [0.2, 0.25) is 0 Å². The van der Waals surface area contributed by atoms with Crippen LogP contribution in [0.15, 0.2) is 45.1 Å². The molecular weight excluding hydrogens is 440 g/mol. The summed E-state index contributed by atoms with van der Waals surface area (Å²) in [5.74, 6) is -0.668. The van der Waals surface area contributed by atoms with E-state index in [1.807, 2.05) is 19.9 Å². The van der Waals surface area contributed by atoms with Gasteiger partial charge in [0.2, 0.25) is 11.2 Å². The number of rotatable bonds is 6. The Kier molecular flexibility index (Phi) is 5.95. The van der Waals surface area contributed by atoms with Crippen LogP contribution in [0.3, 0.4) is 0 Å². The van der Waals surface area contributed by atoms with Crippen LogP contribution in [0.5, 0.6) is 28.7 Å². The molecule has 8 nitrogen and oxygen atoms in total. The van der Waals surface area contributed by atoms with Crippen molar-refractivity contribution < 1.29 is 34.3 Å². The summed E-state index contributed by atoms with van der Waals surface area (Å²) >= 11 is 0. The summed E-state index contributed by atoms with van der Waals surface area (Å²) in [6.07, 6.45) is 2.80. The number of hydrogen-bond donors (Lipinski definition) is 4. The van der Waals surface area contributed by atoms with Gasteiger partial charge in [0, 0.05) is 29.7 Å². The zero-order chi connectivity index (χ0) is 24.8. The molecule has 8 heteroatoms. The molecule has 3 aromatic rings. The summed E-state index contributed by atoms with van der Waals surface area (Å²) in [7, 11) is 1.31. The van der Waals surface area contributed by atoms with E-state index < -0.39 is 22.9 Å². The summed E-state index contributed by atoms with van der Waals surface area (Å²) in [5, 5.41) is 41.5. The maximum absolute atomic E-state index is 13.1. The van der Waals surface area contributed by atoms with Crippen molar-refractivity contribution in [3.63, 3.8) is 0 Å². The van der Waals surface area contributed by atoms with Gasteiger partial charge in [-0.15, -0.1) is 0 Å². The van der Waals surface area contributed by atoms with Crippen LogP contribution in [-0.2, 0) is 6.42 Å². The van der Waals surface area contributed by atoms with Gasteiger partial charge in [-0.2, -0.15) is 0 Å². The largest absolute Gasteiger partial charge is 0.508 e. The summed E-state index contributed by atoms with van der Waals surface area (Å²) < 4.78 is 17.3. The maximum atomic E-state index is 13.1. The number of allylic oxidation sites excluding steroid dienone is 2. The van der Waals surface area contributed by atoms with Crippen molar-refractivity contribution in [2.45, 2.75) is 51.7 Å². The topological polar surface area (TPSA) is 130 Å². The Balaban J connectivity index is 1.82. The number of ether oxygens (including phenoxy) is 2. The second-order valence-corrected chi connectivity index (χ2v) is 9.06. The van der Waals surface area contributed by atoms with Gasteiger partial charge in [0.25, 0.3) is 0 Å². The molecule has 4 N–H and O–H groups in total. The molecule has 2 aromatic carbocycles. The van der Waals surface area contributed by atoms with Crippen LogP contribution >= 0.6 is 0 Å². The van der Waals surface area contributed by atoms with Crippen molar-refractivity contribution in [2.75, 3.05) is 7.11 Å². The van der Waals surface area contributed by atoms with E-state index in [9.17, 15) is 25.2 Å². The average Bonchev–Trinajstić information content (AvgIpc) is 3.20. The Hall–Kier alpha value is -3.65. The molecule has 0 saturated carbocycles. The molecule has 0 saturated heterocycles. The summed E-state index contributed by atoms with van der Waals surface area (Å²) in [6.45, 7) is 5.68. The molecule has 2 heterocycles. The molecule has 0 spiro atoms. The fraction of sp³-hybridized carbons (Fsp3) is 0.346. The molecule has 4 rings (SSSR count). The molecule has 1 aromatic heterocycles. The monoisotopic (exact) mass is 468 g/mol. The zero-order valence-corrected chi connectivity index (χ0v) is 19.5. The quantitative estimate of drug-likeness (QED) is 0.392. The van der Waals surface area contributed by atoms with Crippen molar-refractivity contribution >= 4 is 11.0 Å². The predicted octanol–water partition coefficient (Wildman–Crippen LogP) is 4.39. The third-order valence-electron chi connectivity index (χ3n) is 6.15. The van der Waals surface area contributed by atoms with Gasteiger partial charge in [0.1, 0.15) is 28.6 Å². The van der Waals surface area contributed by atoms with Crippen LogP contribution in [0, 0.1) is 0 Å². The minimum Gasteiger partial charge on any atom is -0.508 e. The first-order chi connectivity index (χ1) is 16.0. The lowest BCUT2D eigenvalue weighted by Gasteiger charge is -2.29. The summed E-state index contributed by atoms with van der Waals surface area (Å²) in [6, 6.07) is 5.27. The Bertz CT molecular complexity index is 1350. The Morgan fingerprint density at radius 3 is 2.62 bits per heavy atom. The van der Waals surface area contributed by atoms with Gasteiger partial charge in [0.15, 0.2) is 17.3 Å². The molecule has 0 bridgehead atoms. The lowest BCUT2D eigenvalue weighted by Crippen LogP contribution is -2.42. The smallest absolute Gasteiger partial charge is 0.239 e. The standard InChI is InChI=1S/C26H28O8/c1-13(2)6-5-9-26(3,31)20-12-16-15(7-8-17(28)23(16)34-20)24-25(32-4)22(30)21-18(29)10-14(27)11-19(21)33-24/h6-8,10-11,20,27-29,31H,5,9,12H2,1-4H3. The normalized spacial score (nSPS) is 16.6. The predicted molar refractivity (Wildman–Crippen MR) is 127 cm³/mol. The number of aromatic hydroxyl groups is 3. The van der Waals surface area contributed by atoms with Crippen molar-refractivity contribution in [3.05, 3.63) is 51.7 Å². The van der Waals surface area contributed by atoms with E-state index in [1.165, 1.54) is 19.2 Å². The van der Waals surface area contributed by atoms with E-state index >= 15 is 0 Å². The molecule has 0 radical (unpaired) electrons. The first kappa shape index (κ1) is 23.5. The first-order valence-corrected chi connectivity index (χ1v) is 11.0. The number of benzene rings is 2. The highest BCUT2D eigenvalue weighted by atomic mass is 16.5. The number of phenols is 3. The van der Waals surface area contributed by atoms with Gasteiger partial charge in [-0.25, -0.2) is 0 Å². The molecular formula is C26H28O8. The number of methoxy groups -OCH3 is 1. The Morgan fingerprint density at radius 2 is 1.94 bits per heavy atom. The van der Waals surface area contributed by atoms with Crippen molar-refractivity contribution in [1.29, 1.82) is 0 Å².